The molecule has 34 heavy (non-hydrogen) atoms. The van der Waals surface area contributed by atoms with Crippen molar-refractivity contribution in [1.82, 2.24) is 0 Å². The predicted octanol–water partition coefficient (Wildman–Crippen LogP) is 3.01. The average Bonchev–Trinajstić information content (AvgIpc) is 2.89. The number of carbonyl (C=O) groups is 3. The van der Waals surface area contributed by atoms with Crippen LogP contribution in [0.3, 0.4) is 0 Å². The first-order chi connectivity index (χ1) is 16.5. The number of ether oxygens (including phenoxy) is 4. The Bertz CT molecular complexity index is 1120. The first-order valence-corrected chi connectivity index (χ1v) is 10.6. The summed E-state index contributed by atoms with van der Waals surface area (Å²) >= 11 is 0. The van der Waals surface area contributed by atoms with Gasteiger partial charge in [0.15, 0.2) is 24.6 Å². The second-order valence-electron chi connectivity index (χ2n) is 7.51. The van der Waals surface area contributed by atoms with Crippen LogP contribution in [0.1, 0.15) is 31.1 Å². The van der Waals surface area contributed by atoms with E-state index < -0.39 is 42.5 Å². The predicted molar refractivity (Wildman–Crippen MR) is 119 cm³/mol. The van der Waals surface area contributed by atoms with E-state index in [1.807, 2.05) is 0 Å². The summed E-state index contributed by atoms with van der Waals surface area (Å²) in [5.74, 6) is -2.18. The summed E-state index contributed by atoms with van der Waals surface area (Å²) in [5, 5.41) is 10.5. The summed E-state index contributed by atoms with van der Waals surface area (Å²) in [5.41, 5.74) is 0.746. The third-order valence-electron chi connectivity index (χ3n) is 5.18. The molecule has 0 radical (unpaired) electrons. The third-order valence-corrected chi connectivity index (χ3v) is 5.18. The fourth-order valence-corrected chi connectivity index (χ4v) is 3.44. The van der Waals surface area contributed by atoms with Crippen LogP contribution in [0.2, 0.25) is 0 Å². The fraction of sp³-hybridized carbons (Fsp3) is 0.192. The maximum absolute atomic E-state index is 12.8. The Morgan fingerprint density at radius 2 is 1.00 bits per heavy atom. The largest absolute Gasteiger partial charge is 0.452 e. The van der Waals surface area contributed by atoms with Crippen LogP contribution in [0.5, 0.6) is 0 Å². The lowest BCUT2D eigenvalue weighted by Gasteiger charge is -2.38. The fourth-order valence-electron chi connectivity index (χ4n) is 3.44. The first-order valence-electron chi connectivity index (χ1n) is 10.6. The van der Waals surface area contributed by atoms with Gasteiger partial charge in [-0.05, 0) is 36.4 Å². The van der Waals surface area contributed by atoms with Gasteiger partial charge in [-0.1, -0.05) is 54.6 Å². The molecule has 8 heteroatoms. The number of rotatable bonds is 6. The van der Waals surface area contributed by atoms with E-state index in [2.05, 4.69) is 0 Å². The van der Waals surface area contributed by atoms with E-state index in [0.29, 0.717) is 0 Å². The van der Waals surface area contributed by atoms with Gasteiger partial charge in [-0.15, -0.1) is 0 Å². The minimum Gasteiger partial charge on any atom is -0.452 e. The van der Waals surface area contributed by atoms with Gasteiger partial charge in [0, 0.05) is 0 Å². The highest BCUT2D eigenvalue weighted by Gasteiger charge is 2.47. The molecule has 0 aromatic heterocycles. The second kappa shape index (κ2) is 10.7. The van der Waals surface area contributed by atoms with Crippen molar-refractivity contribution in [2.75, 3.05) is 6.61 Å². The summed E-state index contributed by atoms with van der Waals surface area (Å²) in [6, 6.07) is 24.5. The monoisotopic (exact) mass is 462 g/mol. The molecule has 1 saturated heterocycles. The molecule has 3 aromatic carbocycles. The first kappa shape index (κ1) is 23.2. The lowest BCUT2D eigenvalue weighted by Crippen LogP contribution is -2.57. The average molecular weight is 462 g/mol. The van der Waals surface area contributed by atoms with Gasteiger partial charge in [-0.2, -0.15) is 0 Å². The summed E-state index contributed by atoms with van der Waals surface area (Å²) in [7, 11) is 0. The number of esters is 3. The highest BCUT2D eigenvalue weighted by molar-refractivity contribution is 5.91. The molecule has 1 N–H and O–H groups in total. The molecule has 4 rings (SSSR count). The van der Waals surface area contributed by atoms with E-state index in [9.17, 15) is 19.5 Å². The Labute approximate surface area is 195 Å². The highest BCUT2D eigenvalue weighted by Crippen LogP contribution is 2.25. The normalized spacial score (nSPS) is 21.8. The molecular weight excluding hydrogens is 440 g/mol. The summed E-state index contributed by atoms with van der Waals surface area (Å²) < 4.78 is 21.9. The van der Waals surface area contributed by atoms with Crippen LogP contribution < -0.4 is 0 Å². The van der Waals surface area contributed by atoms with E-state index in [0.717, 1.165) is 0 Å². The summed E-state index contributed by atoms with van der Waals surface area (Å²) in [6.07, 6.45) is -5.51. The van der Waals surface area contributed by atoms with Crippen molar-refractivity contribution in [3.8, 4) is 0 Å². The molecule has 8 nitrogen and oxygen atoms in total. The molecule has 1 fully saturated rings. The van der Waals surface area contributed by atoms with Crippen LogP contribution in [0, 0.1) is 0 Å². The molecule has 0 saturated carbocycles. The van der Waals surface area contributed by atoms with Gasteiger partial charge in [0.05, 0.1) is 23.3 Å². The van der Waals surface area contributed by atoms with Crippen molar-refractivity contribution in [3.05, 3.63) is 108 Å². The van der Waals surface area contributed by atoms with E-state index in [-0.39, 0.29) is 23.3 Å². The van der Waals surface area contributed by atoms with Gasteiger partial charge in [-0.25, -0.2) is 14.4 Å². The van der Waals surface area contributed by atoms with Crippen LogP contribution in [0.25, 0.3) is 0 Å². The Morgan fingerprint density at radius 1 is 0.618 bits per heavy atom. The molecular formula is C26H22O8. The number of hydrogen-bond acceptors (Lipinski definition) is 8. The Morgan fingerprint density at radius 3 is 1.44 bits per heavy atom. The Hall–Kier alpha value is -4.01. The number of benzene rings is 3. The van der Waals surface area contributed by atoms with E-state index in [1.165, 1.54) is 12.1 Å². The lowest BCUT2D eigenvalue weighted by molar-refractivity contribution is -0.251. The van der Waals surface area contributed by atoms with Gasteiger partial charge in [0.2, 0.25) is 0 Å². The van der Waals surface area contributed by atoms with Crippen LogP contribution >= 0.6 is 0 Å². The van der Waals surface area contributed by atoms with Gasteiger partial charge < -0.3 is 24.1 Å². The molecule has 0 bridgehead atoms. The van der Waals surface area contributed by atoms with Gasteiger partial charge in [0.1, 0.15) is 0 Å². The molecule has 0 aliphatic carbocycles. The number of aliphatic hydroxyl groups is 1. The highest BCUT2D eigenvalue weighted by atomic mass is 16.7. The zero-order valence-electron chi connectivity index (χ0n) is 18.0. The molecule has 1 aliphatic rings. The van der Waals surface area contributed by atoms with E-state index in [1.54, 1.807) is 78.9 Å². The molecule has 1 heterocycles. The number of carbonyl (C=O) groups excluding carboxylic acids is 3. The quantitative estimate of drug-likeness (QED) is 0.440. The SMILES string of the molecule is O=C(O[C@H]1[C@H](OC(=O)c2ccccc2)COC(O)[C@@H]1OC(=O)c1ccccc1)c1ccccc1. The molecule has 0 spiro atoms. The molecule has 4 atom stereocenters. The van der Waals surface area contributed by atoms with Crippen molar-refractivity contribution >= 4 is 17.9 Å². The van der Waals surface area contributed by atoms with Crippen molar-refractivity contribution in [2.45, 2.75) is 24.6 Å². The third kappa shape index (κ3) is 5.48. The Balaban J connectivity index is 1.59. The van der Waals surface area contributed by atoms with Crippen LogP contribution in [0.15, 0.2) is 91.0 Å². The van der Waals surface area contributed by atoms with Gasteiger partial charge >= 0.3 is 17.9 Å². The zero-order chi connectivity index (χ0) is 23.9. The topological polar surface area (TPSA) is 108 Å². The standard InChI is InChI=1S/C26H22O8/c27-23(17-10-4-1-5-11-17)32-20-16-31-26(30)22(34-25(29)19-14-8-3-9-15-19)21(20)33-24(28)18-12-6-2-7-13-18/h1-15,20-22,26,30H,16H2/t20-,21+,22-,26?/m1/s1. The molecule has 174 valence electrons. The molecule has 3 aromatic rings. The van der Waals surface area contributed by atoms with Gasteiger partial charge in [0.25, 0.3) is 0 Å². The van der Waals surface area contributed by atoms with Crippen molar-refractivity contribution in [2.24, 2.45) is 0 Å². The Kier molecular flexibility index (Phi) is 7.31. The van der Waals surface area contributed by atoms with Crippen molar-refractivity contribution in [3.63, 3.8) is 0 Å². The minimum atomic E-state index is -1.60. The molecule has 0 amide bonds. The molecule has 1 aliphatic heterocycles. The van der Waals surface area contributed by atoms with E-state index >= 15 is 0 Å². The summed E-state index contributed by atoms with van der Waals surface area (Å²) in [4.78, 5) is 38.1. The van der Waals surface area contributed by atoms with Crippen LogP contribution in [0.4, 0.5) is 0 Å². The minimum absolute atomic E-state index is 0.228. The summed E-state index contributed by atoms with van der Waals surface area (Å²) in [6.45, 7) is -0.272. The maximum atomic E-state index is 12.8. The lowest BCUT2D eigenvalue weighted by atomic mass is 10.0. The number of hydrogen-bond donors (Lipinski definition) is 1. The maximum Gasteiger partial charge on any atom is 0.338 e. The number of aliphatic hydroxyl groups excluding tert-OH is 1. The zero-order valence-corrected chi connectivity index (χ0v) is 18.0. The van der Waals surface area contributed by atoms with Crippen LogP contribution in [-0.4, -0.2) is 54.2 Å². The smallest absolute Gasteiger partial charge is 0.338 e. The van der Waals surface area contributed by atoms with Crippen molar-refractivity contribution in [1.29, 1.82) is 0 Å². The van der Waals surface area contributed by atoms with Crippen molar-refractivity contribution < 1.29 is 38.4 Å². The van der Waals surface area contributed by atoms with Gasteiger partial charge in [-0.3, -0.25) is 0 Å². The van der Waals surface area contributed by atoms with E-state index in [4.69, 9.17) is 18.9 Å². The van der Waals surface area contributed by atoms with Crippen LogP contribution in [-0.2, 0) is 18.9 Å². The molecule has 1 unspecified atom stereocenters. The second-order valence-corrected chi connectivity index (χ2v) is 7.51.